The molecule has 5 nitrogen and oxygen atoms in total. The molecule has 0 spiro atoms. The number of ether oxygens (including phenoxy) is 1. The van der Waals surface area contributed by atoms with E-state index in [-0.39, 0.29) is 28.5 Å². The van der Waals surface area contributed by atoms with Crippen LogP contribution in [0, 0.1) is 0 Å². The van der Waals surface area contributed by atoms with Crippen molar-refractivity contribution in [2.75, 3.05) is 0 Å². The van der Waals surface area contributed by atoms with E-state index in [1.807, 2.05) is 20.8 Å². The van der Waals surface area contributed by atoms with E-state index in [0.29, 0.717) is 0 Å². The second-order valence-corrected chi connectivity index (χ2v) is 5.15. The average molecular weight is 260 g/mol. The lowest BCUT2D eigenvalue weighted by atomic mass is 10.1. The third-order valence-electron chi connectivity index (χ3n) is 2.60. The molecule has 0 bridgehead atoms. The maximum atomic E-state index is 12.2. The summed E-state index contributed by atoms with van der Waals surface area (Å²) in [5, 5.41) is 9.63. The van der Waals surface area contributed by atoms with Crippen molar-refractivity contribution in [1.29, 1.82) is 0 Å². The van der Waals surface area contributed by atoms with Crippen molar-refractivity contribution in [2.45, 2.75) is 26.3 Å². The minimum absolute atomic E-state index is 0.0325. The van der Waals surface area contributed by atoms with Crippen LogP contribution < -0.4 is 10.3 Å². The summed E-state index contributed by atoms with van der Waals surface area (Å²) in [6, 6.07) is 6.44. The highest BCUT2D eigenvalue weighted by Gasteiger charge is 2.18. The molecule has 0 amide bonds. The van der Waals surface area contributed by atoms with Gasteiger partial charge in [0.2, 0.25) is 0 Å². The summed E-state index contributed by atoms with van der Waals surface area (Å²) < 4.78 is 6.92. The van der Waals surface area contributed by atoms with Gasteiger partial charge < -0.3 is 14.4 Å². The van der Waals surface area contributed by atoms with Crippen molar-refractivity contribution in [3.63, 3.8) is 0 Å². The lowest BCUT2D eigenvalue weighted by Crippen LogP contribution is -2.34. The number of hydrogen-bond donors (Lipinski definition) is 1. The molecule has 1 aromatic heterocycles. The Morgan fingerprint density at radius 2 is 1.95 bits per heavy atom. The quantitative estimate of drug-likeness (QED) is 0.901. The molecular weight excluding hydrogens is 244 g/mol. The molecule has 0 saturated carbocycles. The monoisotopic (exact) mass is 260 g/mol. The predicted octanol–water partition coefficient (Wildman–Crippen LogP) is 2.50. The van der Waals surface area contributed by atoms with Crippen LogP contribution in [-0.4, -0.2) is 14.7 Å². The normalized spacial score (nSPS) is 11.3. The summed E-state index contributed by atoms with van der Waals surface area (Å²) >= 11 is 0. The number of benzene rings is 1. The van der Waals surface area contributed by atoms with Crippen molar-refractivity contribution in [3.05, 3.63) is 47.0 Å². The molecule has 2 aromatic rings. The molecule has 19 heavy (non-hydrogen) atoms. The summed E-state index contributed by atoms with van der Waals surface area (Å²) in [6.07, 6.45) is 3.11. The van der Waals surface area contributed by atoms with E-state index in [1.165, 1.54) is 16.8 Å². The molecule has 0 aliphatic rings. The second kappa shape index (κ2) is 4.76. The Kier molecular flexibility index (Phi) is 3.29. The zero-order valence-electron chi connectivity index (χ0n) is 11.1. The van der Waals surface area contributed by atoms with Gasteiger partial charge >= 0.3 is 5.56 Å². The molecule has 1 aromatic carbocycles. The largest absolute Gasteiger partial charge is 0.504 e. The van der Waals surface area contributed by atoms with Crippen molar-refractivity contribution < 1.29 is 9.84 Å². The number of rotatable bonds is 2. The first kappa shape index (κ1) is 13.1. The molecule has 2 rings (SSSR count). The number of aromatic hydroxyl groups is 1. The smallest absolute Gasteiger partial charge is 0.314 e. The number of phenols is 1. The summed E-state index contributed by atoms with van der Waals surface area (Å²) in [6.45, 7) is 5.74. The highest BCUT2D eigenvalue weighted by molar-refractivity contribution is 5.39. The number of nitrogens with zero attached hydrogens (tertiary/aromatic N) is 2. The molecule has 1 N–H and O–H groups in total. The van der Waals surface area contributed by atoms with Gasteiger partial charge in [0, 0.05) is 17.9 Å². The predicted molar refractivity (Wildman–Crippen MR) is 71.7 cm³/mol. The van der Waals surface area contributed by atoms with Gasteiger partial charge in [-0.15, -0.1) is 0 Å². The average Bonchev–Trinajstić information content (AvgIpc) is 2.33. The van der Waals surface area contributed by atoms with Crippen molar-refractivity contribution in [3.8, 4) is 17.4 Å². The van der Waals surface area contributed by atoms with Gasteiger partial charge in [0.15, 0.2) is 11.5 Å². The minimum atomic E-state index is -0.364. The van der Waals surface area contributed by atoms with E-state index in [0.717, 1.165) is 0 Å². The number of phenolic OH excluding ortho intramolecular Hbond substituents is 1. The molecule has 0 unspecified atom stereocenters. The Labute approximate surface area is 111 Å². The van der Waals surface area contributed by atoms with Crippen LogP contribution in [0.15, 0.2) is 41.5 Å². The lowest BCUT2D eigenvalue weighted by Gasteiger charge is -2.22. The second-order valence-electron chi connectivity index (χ2n) is 5.15. The number of para-hydroxylation sites is 2. The first-order valence-electron chi connectivity index (χ1n) is 5.93. The van der Waals surface area contributed by atoms with Gasteiger partial charge in [-0.1, -0.05) is 12.1 Å². The van der Waals surface area contributed by atoms with Crippen molar-refractivity contribution >= 4 is 0 Å². The fraction of sp³-hybridized carbons (Fsp3) is 0.286. The Balaban J connectivity index is 2.43. The molecule has 0 fully saturated rings. The van der Waals surface area contributed by atoms with Crippen LogP contribution in [0.25, 0.3) is 0 Å². The molecule has 1 heterocycles. The van der Waals surface area contributed by atoms with Gasteiger partial charge in [-0.3, -0.25) is 4.79 Å². The van der Waals surface area contributed by atoms with Gasteiger partial charge in [-0.25, -0.2) is 4.98 Å². The van der Waals surface area contributed by atoms with Gasteiger partial charge in [0.05, 0.1) is 0 Å². The van der Waals surface area contributed by atoms with E-state index >= 15 is 0 Å². The van der Waals surface area contributed by atoms with Gasteiger partial charge in [-0.05, 0) is 32.9 Å². The summed E-state index contributed by atoms with van der Waals surface area (Å²) in [4.78, 5) is 16.1. The zero-order valence-corrected chi connectivity index (χ0v) is 11.1. The highest BCUT2D eigenvalue weighted by Crippen LogP contribution is 2.27. The van der Waals surface area contributed by atoms with Crippen LogP contribution in [0.5, 0.6) is 17.4 Å². The molecule has 0 aliphatic carbocycles. The van der Waals surface area contributed by atoms with E-state index in [9.17, 15) is 9.90 Å². The maximum Gasteiger partial charge on any atom is 0.314 e. The Bertz CT molecular complexity index is 642. The fourth-order valence-corrected chi connectivity index (χ4v) is 1.64. The summed E-state index contributed by atoms with van der Waals surface area (Å²) in [5.74, 6) is 0.118. The van der Waals surface area contributed by atoms with Gasteiger partial charge in [-0.2, -0.15) is 0 Å². The van der Waals surface area contributed by atoms with Crippen LogP contribution >= 0.6 is 0 Å². The first-order valence-corrected chi connectivity index (χ1v) is 5.93. The van der Waals surface area contributed by atoms with Crippen LogP contribution in [0.2, 0.25) is 0 Å². The third kappa shape index (κ3) is 2.76. The zero-order chi connectivity index (χ0) is 14.0. The standard InChI is InChI=1S/C14H16N2O3/c1-14(2,3)16-9-8-15-12(13(16)18)19-11-7-5-4-6-10(11)17/h4-9,17H,1-3H3. The third-order valence-corrected chi connectivity index (χ3v) is 2.60. The lowest BCUT2D eigenvalue weighted by molar-refractivity contribution is 0.355. The van der Waals surface area contributed by atoms with Crippen LogP contribution in [0.3, 0.4) is 0 Å². The SMILES string of the molecule is CC(C)(C)n1ccnc(Oc2ccccc2O)c1=O. The van der Waals surface area contributed by atoms with Crippen molar-refractivity contribution in [2.24, 2.45) is 0 Å². The van der Waals surface area contributed by atoms with Crippen LogP contribution in [0.4, 0.5) is 0 Å². The molecule has 0 saturated heterocycles. The molecule has 0 aliphatic heterocycles. The summed E-state index contributed by atoms with van der Waals surface area (Å²) in [7, 11) is 0. The van der Waals surface area contributed by atoms with E-state index < -0.39 is 0 Å². The van der Waals surface area contributed by atoms with E-state index in [4.69, 9.17) is 4.74 Å². The van der Waals surface area contributed by atoms with E-state index in [1.54, 1.807) is 24.4 Å². The number of aromatic nitrogens is 2. The maximum absolute atomic E-state index is 12.2. The first-order chi connectivity index (χ1) is 8.89. The molecule has 100 valence electrons. The minimum Gasteiger partial charge on any atom is -0.504 e. The fourth-order valence-electron chi connectivity index (χ4n) is 1.64. The Hall–Kier alpha value is -2.30. The van der Waals surface area contributed by atoms with Crippen molar-refractivity contribution in [1.82, 2.24) is 9.55 Å². The summed E-state index contributed by atoms with van der Waals surface area (Å²) in [5.41, 5.74) is -0.699. The topological polar surface area (TPSA) is 64.3 Å². The van der Waals surface area contributed by atoms with Crippen LogP contribution in [0.1, 0.15) is 20.8 Å². The van der Waals surface area contributed by atoms with E-state index in [2.05, 4.69) is 4.98 Å². The van der Waals surface area contributed by atoms with Gasteiger partial charge in [0.1, 0.15) is 0 Å². The molecule has 0 radical (unpaired) electrons. The Morgan fingerprint density at radius 1 is 1.26 bits per heavy atom. The molecule has 0 atom stereocenters. The van der Waals surface area contributed by atoms with Gasteiger partial charge in [0.25, 0.3) is 5.88 Å². The van der Waals surface area contributed by atoms with Crippen LogP contribution in [-0.2, 0) is 5.54 Å². The molecule has 5 heteroatoms. The number of hydrogen-bond acceptors (Lipinski definition) is 4. The molecular formula is C14H16N2O3. The highest BCUT2D eigenvalue weighted by atomic mass is 16.5. The Morgan fingerprint density at radius 3 is 2.58 bits per heavy atom.